The number of hydrogen-bond acceptors (Lipinski definition) is 3. The third kappa shape index (κ3) is 3.48. The minimum atomic E-state index is -2.47. The summed E-state index contributed by atoms with van der Waals surface area (Å²) in [4.78, 5) is 11.6. The molecule has 0 spiro atoms. The first kappa shape index (κ1) is 16.6. The van der Waals surface area contributed by atoms with Gasteiger partial charge in [-0.3, -0.25) is 4.79 Å². The largest absolute Gasteiger partial charge is 0.458 e. The van der Waals surface area contributed by atoms with Crippen molar-refractivity contribution in [2.45, 2.75) is 6.92 Å². The van der Waals surface area contributed by atoms with E-state index in [9.17, 15) is 4.79 Å². The number of carbonyl (C=O) groups is 1. The fraction of sp³-hybridized carbons (Fsp3) is 0.0500. The van der Waals surface area contributed by atoms with E-state index in [-0.39, 0.29) is 5.78 Å². The Labute approximate surface area is 147 Å². The van der Waals surface area contributed by atoms with E-state index in [1.807, 2.05) is 72.8 Å². The minimum absolute atomic E-state index is 0.00757. The van der Waals surface area contributed by atoms with Crippen LogP contribution in [0.2, 0.25) is 0 Å². The molecule has 24 heavy (non-hydrogen) atoms. The van der Waals surface area contributed by atoms with Crippen molar-refractivity contribution in [3.8, 4) is 5.75 Å². The van der Waals surface area contributed by atoms with Gasteiger partial charge < -0.3 is 4.52 Å². The van der Waals surface area contributed by atoms with Gasteiger partial charge in [-0.1, -0.05) is 72.8 Å². The molecule has 4 heteroatoms. The standard InChI is InChI=1S/C20H17O2PS/c1-16(21)17-9-8-10-18(15-17)22-23(24,19-11-4-2-5-12-19)20-13-6-3-7-14-20/h2-15H,1H3. The first-order valence-corrected chi connectivity index (χ1v) is 10.3. The van der Waals surface area contributed by atoms with E-state index in [1.165, 1.54) is 0 Å². The van der Waals surface area contributed by atoms with Crippen LogP contribution in [0, 0.1) is 0 Å². The molecule has 0 heterocycles. The zero-order chi connectivity index (χ0) is 17.0. The lowest BCUT2D eigenvalue weighted by Gasteiger charge is -2.24. The van der Waals surface area contributed by atoms with Gasteiger partial charge in [0.15, 0.2) is 12.0 Å². The molecule has 0 aliphatic carbocycles. The summed E-state index contributed by atoms with van der Waals surface area (Å²) in [5, 5.41) is 1.97. The maximum absolute atomic E-state index is 11.6. The van der Waals surface area contributed by atoms with E-state index in [0.717, 1.165) is 10.6 Å². The van der Waals surface area contributed by atoms with Crippen molar-refractivity contribution in [1.29, 1.82) is 0 Å². The first-order chi connectivity index (χ1) is 11.6. The van der Waals surface area contributed by atoms with Gasteiger partial charge in [-0.05, 0) is 30.9 Å². The SMILES string of the molecule is CC(=O)c1cccc(OP(=S)(c2ccccc2)c2ccccc2)c1. The lowest BCUT2D eigenvalue weighted by atomic mass is 10.1. The van der Waals surface area contributed by atoms with Crippen LogP contribution in [0.5, 0.6) is 5.75 Å². The second-order valence-electron chi connectivity index (χ2n) is 5.40. The van der Waals surface area contributed by atoms with Gasteiger partial charge in [0, 0.05) is 16.2 Å². The second-order valence-corrected chi connectivity index (χ2v) is 9.26. The molecule has 0 amide bonds. The summed E-state index contributed by atoms with van der Waals surface area (Å²) in [7, 11) is 0. The normalized spacial score (nSPS) is 11.0. The van der Waals surface area contributed by atoms with Gasteiger partial charge in [0.25, 0.3) is 0 Å². The summed E-state index contributed by atoms with van der Waals surface area (Å²) in [5.41, 5.74) is 0.621. The Hall–Kier alpha value is -2.22. The van der Waals surface area contributed by atoms with Gasteiger partial charge in [-0.25, -0.2) is 0 Å². The maximum Gasteiger partial charge on any atom is 0.171 e. The predicted octanol–water partition coefficient (Wildman–Crippen LogP) is 4.31. The molecule has 0 unspecified atom stereocenters. The van der Waals surface area contributed by atoms with Crippen molar-refractivity contribution in [1.82, 2.24) is 0 Å². The van der Waals surface area contributed by atoms with Crippen molar-refractivity contribution in [3.05, 3.63) is 90.5 Å². The van der Waals surface area contributed by atoms with Crippen LogP contribution in [0.15, 0.2) is 84.9 Å². The monoisotopic (exact) mass is 352 g/mol. The van der Waals surface area contributed by atoms with Crippen LogP contribution < -0.4 is 15.1 Å². The van der Waals surface area contributed by atoms with Crippen LogP contribution in [-0.2, 0) is 11.8 Å². The number of ketones is 1. The highest BCUT2D eigenvalue weighted by atomic mass is 32.4. The van der Waals surface area contributed by atoms with Crippen LogP contribution in [0.25, 0.3) is 0 Å². The summed E-state index contributed by atoms with van der Waals surface area (Å²) >= 11 is 6.03. The molecule has 0 aliphatic heterocycles. The van der Waals surface area contributed by atoms with Crippen molar-refractivity contribution in [3.63, 3.8) is 0 Å². The average molecular weight is 352 g/mol. The third-order valence-corrected chi connectivity index (χ3v) is 7.58. The number of Topliss-reactive ketones (excluding diaryl/α,β-unsaturated/α-hetero) is 1. The summed E-state index contributed by atoms with van der Waals surface area (Å²) in [5.74, 6) is 0.631. The smallest absolute Gasteiger partial charge is 0.171 e. The molecule has 2 nitrogen and oxygen atoms in total. The molecule has 0 atom stereocenters. The fourth-order valence-electron chi connectivity index (χ4n) is 2.42. The molecular formula is C20H17O2PS. The molecular weight excluding hydrogens is 335 g/mol. The zero-order valence-corrected chi connectivity index (χ0v) is 15.0. The van der Waals surface area contributed by atoms with E-state index < -0.39 is 6.26 Å². The van der Waals surface area contributed by atoms with Gasteiger partial charge in [-0.2, -0.15) is 0 Å². The van der Waals surface area contributed by atoms with Crippen molar-refractivity contribution in [2.24, 2.45) is 0 Å². The van der Waals surface area contributed by atoms with Crippen molar-refractivity contribution in [2.75, 3.05) is 0 Å². The Bertz CT molecular complexity index is 848. The van der Waals surface area contributed by atoms with Crippen LogP contribution in [-0.4, -0.2) is 5.78 Å². The summed E-state index contributed by atoms with van der Waals surface area (Å²) in [6.07, 6.45) is -2.47. The molecule has 0 fully saturated rings. The maximum atomic E-state index is 11.6. The van der Waals surface area contributed by atoms with Crippen LogP contribution in [0.3, 0.4) is 0 Å². The number of hydrogen-bond donors (Lipinski definition) is 0. The average Bonchev–Trinajstić information content (AvgIpc) is 2.63. The topological polar surface area (TPSA) is 26.3 Å². The van der Waals surface area contributed by atoms with Gasteiger partial charge >= 0.3 is 0 Å². The molecule has 0 saturated carbocycles. The van der Waals surface area contributed by atoms with E-state index in [4.69, 9.17) is 16.3 Å². The lowest BCUT2D eigenvalue weighted by molar-refractivity contribution is 0.101. The van der Waals surface area contributed by atoms with Crippen LogP contribution >= 0.6 is 6.26 Å². The molecule has 0 aromatic heterocycles. The van der Waals surface area contributed by atoms with Crippen LogP contribution in [0.1, 0.15) is 17.3 Å². The van der Waals surface area contributed by atoms with Crippen molar-refractivity contribution >= 4 is 34.5 Å². The zero-order valence-electron chi connectivity index (χ0n) is 13.3. The summed E-state index contributed by atoms with van der Waals surface area (Å²) in [6, 6.07) is 27.0. The molecule has 3 aromatic rings. The van der Waals surface area contributed by atoms with Gasteiger partial charge in [0.1, 0.15) is 5.75 Å². The Morgan fingerprint density at radius 1 is 0.833 bits per heavy atom. The molecule has 3 rings (SSSR count). The Kier molecular flexibility index (Phi) is 4.94. The highest BCUT2D eigenvalue weighted by Gasteiger charge is 2.24. The highest BCUT2D eigenvalue weighted by Crippen LogP contribution is 2.45. The third-order valence-electron chi connectivity index (χ3n) is 3.67. The highest BCUT2D eigenvalue weighted by molar-refractivity contribution is 8.19. The number of carbonyl (C=O) groups excluding carboxylic acids is 1. The predicted molar refractivity (Wildman–Crippen MR) is 104 cm³/mol. The molecule has 3 aromatic carbocycles. The van der Waals surface area contributed by atoms with E-state index in [1.54, 1.807) is 19.1 Å². The van der Waals surface area contributed by atoms with Gasteiger partial charge in [-0.15, -0.1) is 0 Å². The minimum Gasteiger partial charge on any atom is -0.458 e. The number of rotatable bonds is 5. The molecule has 0 aliphatic rings. The fourth-order valence-corrected chi connectivity index (χ4v) is 5.46. The van der Waals surface area contributed by atoms with Crippen LogP contribution in [0.4, 0.5) is 0 Å². The second kappa shape index (κ2) is 7.12. The first-order valence-electron chi connectivity index (χ1n) is 7.61. The Morgan fingerprint density at radius 3 is 1.88 bits per heavy atom. The molecule has 0 bridgehead atoms. The van der Waals surface area contributed by atoms with E-state index in [0.29, 0.717) is 11.3 Å². The van der Waals surface area contributed by atoms with E-state index >= 15 is 0 Å². The van der Waals surface area contributed by atoms with Gasteiger partial charge in [0.2, 0.25) is 0 Å². The Morgan fingerprint density at radius 2 is 1.38 bits per heavy atom. The Balaban J connectivity index is 2.08. The molecule has 0 radical (unpaired) electrons. The quantitative estimate of drug-likeness (QED) is 0.505. The summed E-state index contributed by atoms with van der Waals surface area (Å²) in [6.45, 7) is 1.55. The molecule has 0 saturated heterocycles. The lowest BCUT2D eigenvalue weighted by Crippen LogP contribution is -2.19. The van der Waals surface area contributed by atoms with Crippen molar-refractivity contribution < 1.29 is 9.32 Å². The van der Waals surface area contributed by atoms with E-state index in [2.05, 4.69) is 0 Å². The molecule has 0 N–H and O–H groups in total. The van der Waals surface area contributed by atoms with Gasteiger partial charge in [0.05, 0.1) is 0 Å². The summed E-state index contributed by atoms with van der Waals surface area (Å²) < 4.78 is 6.34. The molecule has 120 valence electrons. The number of benzene rings is 3.